The van der Waals surface area contributed by atoms with Gasteiger partial charge < -0.3 is 20.4 Å². The number of carbonyl (C=O) groups excluding carboxylic acids is 1. The summed E-state index contributed by atoms with van der Waals surface area (Å²) in [5.41, 5.74) is 4.18. The largest absolute Gasteiger partial charge is 0.344 e. The number of amides is 1. The quantitative estimate of drug-likeness (QED) is 0.290. The Hall–Kier alpha value is -4.62. The smallest absolute Gasteiger partial charge is 0.255 e. The second-order valence-electron chi connectivity index (χ2n) is 10.6. The molecule has 4 rings (SSSR count). The van der Waals surface area contributed by atoms with Crippen molar-refractivity contribution in [2.45, 2.75) is 32.6 Å². The van der Waals surface area contributed by atoms with Crippen LogP contribution in [0.15, 0.2) is 55.0 Å². The standard InChI is InChI=1S/C30H35N9O/c1-20-11-12-23(35-28(40)21-9-7-10-22(15-21)30(2,3)18-31)16-24(20)36-27-26-25(33-19-34-27)17-32-29(37-26)39(6)14-8-13-38(4)5/h7,9-12,15-17,19H,8,13-14H2,1-6H3,(H,35,40)(H,33,34,36). The molecule has 0 spiro atoms. The molecule has 0 unspecified atom stereocenters. The van der Waals surface area contributed by atoms with Gasteiger partial charge in [0.15, 0.2) is 5.82 Å². The number of nitrogens with one attached hydrogen (secondary N) is 2. The Labute approximate surface area is 235 Å². The fourth-order valence-corrected chi connectivity index (χ4v) is 4.12. The van der Waals surface area contributed by atoms with Crippen molar-refractivity contribution in [3.05, 3.63) is 71.7 Å². The SMILES string of the molecule is Cc1ccc(NC(=O)c2cccc(C(C)(C)C#N)c2)cc1Nc1ncnc2cnc(N(C)CCCN(C)C)nc12. The minimum atomic E-state index is -0.692. The Morgan fingerprint density at radius 3 is 2.60 bits per heavy atom. The van der Waals surface area contributed by atoms with Crippen molar-refractivity contribution >= 4 is 40.1 Å². The van der Waals surface area contributed by atoms with Crippen LogP contribution in [-0.4, -0.2) is 65.0 Å². The molecule has 2 N–H and O–H groups in total. The summed E-state index contributed by atoms with van der Waals surface area (Å²) in [5, 5.41) is 15.8. The van der Waals surface area contributed by atoms with Crippen LogP contribution in [-0.2, 0) is 5.41 Å². The first-order valence-corrected chi connectivity index (χ1v) is 13.1. The van der Waals surface area contributed by atoms with E-state index in [1.54, 1.807) is 24.4 Å². The second kappa shape index (κ2) is 12.1. The van der Waals surface area contributed by atoms with Gasteiger partial charge in [-0.05, 0) is 83.2 Å². The van der Waals surface area contributed by atoms with Crippen molar-refractivity contribution < 1.29 is 4.79 Å². The molecule has 10 nitrogen and oxygen atoms in total. The fraction of sp³-hybridized carbons (Fsp3) is 0.333. The molecule has 40 heavy (non-hydrogen) atoms. The monoisotopic (exact) mass is 537 g/mol. The van der Waals surface area contributed by atoms with E-state index in [0.29, 0.717) is 34.1 Å². The lowest BCUT2D eigenvalue weighted by Gasteiger charge is -2.19. The molecule has 0 saturated heterocycles. The maximum Gasteiger partial charge on any atom is 0.255 e. The highest BCUT2D eigenvalue weighted by atomic mass is 16.1. The summed E-state index contributed by atoms with van der Waals surface area (Å²) in [7, 11) is 6.08. The third-order valence-corrected chi connectivity index (χ3v) is 6.68. The average Bonchev–Trinajstić information content (AvgIpc) is 2.94. The molecule has 2 aromatic carbocycles. The number of aromatic nitrogens is 4. The predicted molar refractivity (Wildman–Crippen MR) is 159 cm³/mol. The average molecular weight is 538 g/mol. The number of aryl methyl sites for hydroxylation is 1. The summed E-state index contributed by atoms with van der Waals surface area (Å²) in [6.07, 6.45) is 4.17. The van der Waals surface area contributed by atoms with Gasteiger partial charge in [0.25, 0.3) is 5.91 Å². The number of hydrogen-bond acceptors (Lipinski definition) is 9. The van der Waals surface area contributed by atoms with Gasteiger partial charge in [0.1, 0.15) is 17.4 Å². The summed E-state index contributed by atoms with van der Waals surface area (Å²) in [6.45, 7) is 7.43. The molecule has 1 amide bonds. The van der Waals surface area contributed by atoms with Crippen LogP contribution >= 0.6 is 0 Å². The van der Waals surface area contributed by atoms with Gasteiger partial charge >= 0.3 is 0 Å². The van der Waals surface area contributed by atoms with Crippen LogP contribution in [0, 0.1) is 18.3 Å². The molecule has 0 aliphatic rings. The van der Waals surface area contributed by atoms with Crippen LogP contribution in [0.5, 0.6) is 0 Å². The van der Waals surface area contributed by atoms with E-state index in [2.05, 4.69) is 50.6 Å². The maximum absolute atomic E-state index is 13.1. The van der Waals surface area contributed by atoms with Gasteiger partial charge in [-0.15, -0.1) is 0 Å². The first kappa shape index (κ1) is 28.4. The van der Waals surface area contributed by atoms with Gasteiger partial charge in [-0.3, -0.25) is 4.79 Å². The highest BCUT2D eigenvalue weighted by Gasteiger charge is 2.21. The molecule has 0 radical (unpaired) electrons. The molecule has 206 valence electrons. The second-order valence-corrected chi connectivity index (χ2v) is 10.6. The number of nitrogens with zero attached hydrogens (tertiary/aromatic N) is 7. The predicted octanol–water partition coefficient (Wildman–Crippen LogP) is 4.91. The normalized spacial score (nSPS) is 11.3. The Bertz CT molecular complexity index is 1560. The third-order valence-electron chi connectivity index (χ3n) is 6.68. The summed E-state index contributed by atoms with van der Waals surface area (Å²) in [5.74, 6) is 0.893. The highest BCUT2D eigenvalue weighted by Crippen LogP contribution is 2.28. The van der Waals surface area contributed by atoms with E-state index in [1.165, 1.54) is 6.33 Å². The molecular formula is C30H35N9O. The van der Waals surface area contributed by atoms with Crippen LogP contribution in [0.25, 0.3) is 11.0 Å². The van der Waals surface area contributed by atoms with E-state index in [1.807, 2.05) is 57.0 Å². The summed E-state index contributed by atoms with van der Waals surface area (Å²) in [6, 6.07) is 15.1. The van der Waals surface area contributed by atoms with Gasteiger partial charge in [0.05, 0.1) is 17.7 Å². The van der Waals surface area contributed by atoms with Gasteiger partial charge in [-0.1, -0.05) is 18.2 Å². The van der Waals surface area contributed by atoms with Gasteiger partial charge in [-0.2, -0.15) is 5.26 Å². The van der Waals surface area contributed by atoms with E-state index in [-0.39, 0.29) is 5.91 Å². The molecule has 0 atom stereocenters. The molecule has 0 fully saturated rings. The molecular weight excluding hydrogens is 502 g/mol. The van der Waals surface area contributed by atoms with Gasteiger partial charge in [-0.25, -0.2) is 19.9 Å². The van der Waals surface area contributed by atoms with E-state index in [4.69, 9.17) is 4.98 Å². The molecule has 0 bridgehead atoms. The molecule has 0 aliphatic heterocycles. The lowest BCUT2D eigenvalue weighted by Crippen LogP contribution is -2.24. The Kier molecular flexibility index (Phi) is 8.55. The number of anilines is 4. The Balaban J connectivity index is 1.56. The zero-order valence-corrected chi connectivity index (χ0v) is 23.9. The van der Waals surface area contributed by atoms with Crippen LogP contribution in [0.1, 0.15) is 41.8 Å². The van der Waals surface area contributed by atoms with Crippen LogP contribution in [0.2, 0.25) is 0 Å². The van der Waals surface area contributed by atoms with Crippen LogP contribution < -0.4 is 15.5 Å². The topological polar surface area (TPSA) is 123 Å². The number of benzene rings is 2. The lowest BCUT2D eigenvalue weighted by molar-refractivity contribution is 0.102. The molecule has 4 aromatic rings. The zero-order valence-electron chi connectivity index (χ0n) is 23.9. The summed E-state index contributed by atoms with van der Waals surface area (Å²) >= 11 is 0. The first-order valence-electron chi connectivity index (χ1n) is 13.1. The Morgan fingerprint density at radius 2 is 1.85 bits per heavy atom. The molecule has 0 saturated carbocycles. The number of rotatable bonds is 10. The minimum absolute atomic E-state index is 0.257. The van der Waals surface area contributed by atoms with E-state index in [9.17, 15) is 10.1 Å². The number of nitriles is 1. The van der Waals surface area contributed by atoms with Crippen molar-refractivity contribution in [2.75, 3.05) is 49.8 Å². The van der Waals surface area contributed by atoms with Gasteiger partial charge in [0, 0.05) is 30.5 Å². The lowest BCUT2D eigenvalue weighted by atomic mass is 9.85. The van der Waals surface area contributed by atoms with Crippen LogP contribution in [0.4, 0.5) is 23.1 Å². The zero-order chi connectivity index (χ0) is 28.9. The van der Waals surface area contributed by atoms with Crippen molar-refractivity contribution in [3.63, 3.8) is 0 Å². The van der Waals surface area contributed by atoms with Crippen molar-refractivity contribution in [1.29, 1.82) is 5.26 Å². The maximum atomic E-state index is 13.1. The molecule has 10 heteroatoms. The fourth-order valence-electron chi connectivity index (χ4n) is 4.12. The Morgan fingerprint density at radius 1 is 1.05 bits per heavy atom. The van der Waals surface area contributed by atoms with Crippen molar-refractivity contribution in [3.8, 4) is 6.07 Å². The molecule has 2 aromatic heterocycles. The van der Waals surface area contributed by atoms with Gasteiger partial charge in [0.2, 0.25) is 5.95 Å². The van der Waals surface area contributed by atoms with E-state index >= 15 is 0 Å². The first-order chi connectivity index (χ1) is 19.1. The third kappa shape index (κ3) is 6.68. The minimum Gasteiger partial charge on any atom is -0.344 e. The molecule has 0 aliphatic carbocycles. The van der Waals surface area contributed by atoms with Crippen LogP contribution in [0.3, 0.4) is 0 Å². The highest BCUT2D eigenvalue weighted by molar-refractivity contribution is 6.04. The van der Waals surface area contributed by atoms with E-state index in [0.717, 1.165) is 36.3 Å². The number of hydrogen-bond donors (Lipinski definition) is 2. The van der Waals surface area contributed by atoms with Crippen molar-refractivity contribution in [2.24, 2.45) is 0 Å². The summed E-state index contributed by atoms with van der Waals surface area (Å²) in [4.78, 5) is 35.3. The van der Waals surface area contributed by atoms with E-state index < -0.39 is 5.41 Å². The molecule has 2 heterocycles. The number of carbonyl (C=O) groups is 1. The van der Waals surface area contributed by atoms with Crippen molar-refractivity contribution in [1.82, 2.24) is 24.8 Å². The number of fused-ring (bicyclic) bond motifs is 1. The summed E-state index contributed by atoms with van der Waals surface area (Å²) < 4.78 is 0.